The highest BCUT2D eigenvalue weighted by atomic mass is 16.1. The summed E-state index contributed by atoms with van der Waals surface area (Å²) in [7, 11) is 0. The number of nitrogens with zero attached hydrogens (tertiary/aromatic N) is 1. The number of nitrogen functional groups attached to an aromatic ring is 1. The Labute approximate surface area is 114 Å². The van der Waals surface area contributed by atoms with E-state index in [0.717, 1.165) is 12.2 Å². The standard InChI is InChI=1S/C14H22N4O/c1-10-7-13(18-15)12(9-16-10)14(19)17-8-11-5-3-2-4-6-11/h7,9,11H,2-6,8,15H2,1H3,(H,16,18)(H,17,19). The minimum atomic E-state index is -0.106. The highest BCUT2D eigenvalue weighted by Gasteiger charge is 2.16. The average Bonchev–Trinajstić information content (AvgIpc) is 2.45. The van der Waals surface area contributed by atoms with E-state index in [1.54, 1.807) is 12.3 Å². The topological polar surface area (TPSA) is 80.0 Å². The number of hydrogen-bond acceptors (Lipinski definition) is 4. The lowest BCUT2D eigenvalue weighted by Crippen LogP contribution is -2.31. The van der Waals surface area contributed by atoms with Gasteiger partial charge in [-0.1, -0.05) is 19.3 Å². The molecule has 1 amide bonds. The summed E-state index contributed by atoms with van der Waals surface area (Å²) in [6, 6.07) is 1.77. The largest absolute Gasteiger partial charge is 0.352 e. The van der Waals surface area contributed by atoms with Gasteiger partial charge < -0.3 is 10.7 Å². The van der Waals surface area contributed by atoms with Gasteiger partial charge in [0.2, 0.25) is 0 Å². The number of pyridine rings is 1. The molecule has 0 atom stereocenters. The van der Waals surface area contributed by atoms with Crippen molar-refractivity contribution in [3.63, 3.8) is 0 Å². The molecular formula is C14H22N4O. The van der Waals surface area contributed by atoms with Crippen molar-refractivity contribution >= 4 is 11.6 Å². The molecule has 4 N–H and O–H groups in total. The van der Waals surface area contributed by atoms with Gasteiger partial charge in [-0.25, -0.2) is 0 Å². The fraction of sp³-hybridized carbons (Fsp3) is 0.571. The van der Waals surface area contributed by atoms with Crippen molar-refractivity contribution < 1.29 is 4.79 Å². The Bertz CT molecular complexity index is 441. The van der Waals surface area contributed by atoms with Crippen LogP contribution in [0.5, 0.6) is 0 Å². The van der Waals surface area contributed by atoms with Gasteiger partial charge in [0.15, 0.2) is 0 Å². The highest BCUT2D eigenvalue weighted by Crippen LogP contribution is 2.23. The second-order valence-corrected chi connectivity index (χ2v) is 5.23. The Morgan fingerprint density at radius 3 is 2.84 bits per heavy atom. The summed E-state index contributed by atoms with van der Waals surface area (Å²) in [5.41, 5.74) is 4.51. The van der Waals surface area contributed by atoms with Gasteiger partial charge in [0, 0.05) is 18.4 Å². The van der Waals surface area contributed by atoms with E-state index in [0.29, 0.717) is 17.2 Å². The summed E-state index contributed by atoms with van der Waals surface area (Å²) in [6.45, 7) is 2.61. The molecule has 104 valence electrons. The molecule has 1 fully saturated rings. The fourth-order valence-corrected chi connectivity index (χ4v) is 2.58. The highest BCUT2D eigenvalue weighted by molar-refractivity contribution is 5.99. The van der Waals surface area contributed by atoms with Gasteiger partial charge in [-0.05, 0) is 31.7 Å². The molecule has 0 spiro atoms. The lowest BCUT2D eigenvalue weighted by Gasteiger charge is -2.22. The number of carbonyl (C=O) groups is 1. The third-order valence-electron chi connectivity index (χ3n) is 3.72. The number of anilines is 1. The molecule has 1 aliphatic carbocycles. The normalized spacial score (nSPS) is 16.1. The first kappa shape index (κ1) is 13.8. The van der Waals surface area contributed by atoms with Crippen LogP contribution < -0.4 is 16.6 Å². The number of hydrogen-bond donors (Lipinski definition) is 3. The molecule has 1 aliphatic rings. The van der Waals surface area contributed by atoms with Gasteiger partial charge in [-0.2, -0.15) is 0 Å². The van der Waals surface area contributed by atoms with E-state index >= 15 is 0 Å². The Hall–Kier alpha value is -1.62. The number of amides is 1. The number of aryl methyl sites for hydroxylation is 1. The van der Waals surface area contributed by atoms with Crippen molar-refractivity contribution in [1.82, 2.24) is 10.3 Å². The molecule has 0 radical (unpaired) electrons. The maximum atomic E-state index is 12.1. The molecule has 0 saturated heterocycles. The van der Waals surface area contributed by atoms with Crippen molar-refractivity contribution in [2.24, 2.45) is 11.8 Å². The molecular weight excluding hydrogens is 240 g/mol. The molecule has 0 unspecified atom stereocenters. The van der Waals surface area contributed by atoms with Crippen LogP contribution in [0.3, 0.4) is 0 Å². The van der Waals surface area contributed by atoms with Crippen molar-refractivity contribution in [1.29, 1.82) is 0 Å². The van der Waals surface area contributed by atoms with Gasteiger partial charge in [0.25, 0.3) is 5.91 Å². The zero-order valence-corrected chi connectivity index (χ0v) is 11.4. The van der Waals surface area contributed by atoms with Crippen molar-refractivity contribution in [2.75, 3.05) is 12.0 Å². The monoisotopic (exact) mass is 262 g/mol. The van der Waals surface area contributed by atoms with Crippen LogP contribution in [-0.4, -0.2) is 17.4 Å². The Kier molecular flexibility index (Phi) is 4.74. The van der Waals surface area contributed by atoms with Crippen LogP contribution in [0.15, 0.2) is 12.3 Å². The van der Waals surface area contributed by atoms with Crippen LogP contribution in [0.4, 0.5) is 5.69 Å². The number of rotatable bonds is 4. The molecule has 1 heterocycles. The minimum absolute atomic E-state index is 0.106. The van der Waals surface area contributed by atoms with Gasteiger partial charge in [0.1, 0.15) is 0 Å². The molecule has 1 aromatic heterocycles. The van der Waals surface area contributed by atoms with Gasteiger partial charge in [-0.15, -0.1) is 0 Å². The lowest BCUT2D eigenvalue weighted by molar-refractivity contribution is 0.0944. The Morgan fingerprint density at radius 1 is 1.42 bits per heavy atom. The number of hydrazine groups is 1. The van der Waals surface area contributed by atoms with Crippen LogP contribution >= 0.6 is 0 Å². The van der Waals surface area contributed by atoms with Crippen molar-refractivity contribution in [2.45, 2.75) is 39.0 Å². The third kappa shape index (κ3) is 3.67. The predicted octanol–water partition coefficient (Wildman–Crippen LogP) is 1.99. The van der Waals surface area contributed by atoms with Gasteiger partial charge >= 0.3 is 0 Å². The molecule has 0 aromatic carbocycles. The number of carbonyl (C=O) groups excluding carboxylic acids is 1. The quantitative estimate of drug-likeness (QED) is 0.572. The third-order valence-corrected chi connectivity index (χ3v) is 3.72. The SMILES string of the molecule is Cc1cc(NN)c(C(=O)NCC2CCCCC2)cn1. The van der Waals surface area contributed by atoms with Crippen molar-refractivity contribution in [3.8, 4) is 0 Å². The molecule has 19 heavy (non-hydrogen) atoms. The average molecular weight is 262 g/mol. The Balaban J connectivity index is 1.95. The Morgan fingerprint density at radius 2 is 2.16 bits per heavy atom. The summed E-state index contributed by atoms with van der Waals surface area (Å²) >= 11 is 0. The lowest BCUT2D eigenvalue weighted by atomic mass is 9.89. The molecule has 5 nitrogen and oxygen atoms in total. The predicted molar refractivity (Wildman–Crippen MR) is 75.7 cm³/mol. The minimum Gasteiger partial charge on any atom is -0.352 e. The van der Waals surface area contributed by atoms with E-state index in [-0.39, 0.29) is 5.91 Å². The number of nitrogens with two attached hydrogens (primary N) is 1. The zero-order valence-electron chi connectivity index (χ0n) is 11.4. The summed E-state index contributed by atoms with van der Waals surface area (Å²) < 4.78 is 0. The number of nitrogens with one attached hydrogen (secondary N) is 2. The van der Waals surface area contributed by atoms with E-state index in [1.165, 1.54) is 32.1 Å². The van der Waals surface area contributed by atoms with Gasteiger partial charge in [-0.3, -0.25) is 15.6 Å². The maximum Gasteiger partial charge on any atom is 0.255 e. The summed E-state index contributed by atoms with van der Waals surface area (Å²) in [6.07, 6.45) is 7.89. The van der Waals surface area contributed by atoms with E-state index in [1.807, 2.05) is 6.92 Å². The second kappa shape index (κ2) is 6.52. The summed E-state index contributed by atoms with van der Waals surface area (Å²) in [5.74, 6) is 5.95. The smallest absolute Gasteiger partial charge is 0.255 e. The van der Waals surface area contributed by atoms with Crippen LogP contribution in [-0.2, 0) is 0 Å². The molecule has 0 bridgehead atoms. The van der Waals surface area contributed by atoms with Crippen molar-refractivity contribution in [3.05, 3.63) is 23.5 Å². The number of aromatic nitrogens is 1. The molecule has 2 rings (SSSR count). The molecule has 5 heteroatoms. The van der Waals surface area contributed by atoms with Crippen LogP contribution in [0.1, 0.15) is 48.2 Å². The van der Waals surface area contributed by atoms with E-state index in [9.17, 15) is 4.79 Å². The van der Waals surface area contributed by atoms with Gasteiger partial charge in [0.05, 0.1) is 11.3 Å². The first-order valence-electron chi connectivity index (χ1n) is 6.92. The second-order valence-electron chi connectivity index (χ2n) is 5.23. The molecule has 0 aliphatic heterocycles. The fourth-order valence-electron chi connectivity index (χ4n) is 2.58. The summed E-state index contributed by atoms with van der Waals surface area (Å²) in [5, 5.41) is 2.99. The molecule has 1 saturated carbocycles. The van der Waals surface area contributed by atoms with Crippen LogP contribution in [0, 0.1) is 12.8 Å². The van der Waals surface area contributed by atoms with Crippen LogP contribution in [0.25, 0.3) is 0 Å². The van der Waals surface area contributed by atoms with E-state index in [2.05, 4.69) is 15.7 Å². The zero-order chi connectivity index (χ0) is 13.7. The first-order valence-corrected chi connectivity index (χ1v) is 6.92. The van der Waals surface area contributed by atoms with E-state index < -0.39 is 0 Å². The molecule has 1 aromatic rings. The maximum absolute atomic E-state index is 12.1. The first-order chi connectivity index (χ1) is 9.20. The van der Waals surface area contributed by atoms with Crippen LogP contribution in [0.2, 0.25) is 0 Å². The summed E-state index contributed by atoms with van der Waals surface area (Å²) in [4.78, 5) is 16.3. The van der Waals surface area contributed by atoms with E-state index in [4.69, 9.17) is 5.84 Å².